The van der Waals surface area contributed by atoms with E-state index >= 15 is 0 Å². The molecule has 2 saturated heterocycles. The van der Waals surface area contributed by atoms with Gasteiger partial charge in [-0.05, 0) is 87.3 Å². The Bertz CT molecular complexity index is 986. The van der Waals surface area contributed by atoms with Crippen molar-refractivity contribution in [2.75, 3.05) is 0 Å². The molecule has 1 aliphatic carbocycles. The Hall–Kier alpha value is -1.78. The Kier molecular flexibility index (Phi) is 6.11. The van der Waals surface area contributed by atoms with Crippen molar-refractivity contribution in [1.82, 2.24) is 4.90 Å². The number of carbonyl (C=O) groups is 1. The van der Waals surface area contributed by atoms with Crippen molar-refractivity contribution in [2.24, 2.45) is 11.8 Å². The van der Waals surface area contributed by atoms with Gasteiger partial charge in [-0.3, -0.25) is 9.69 Å². The fraction of sp³-hybridized carbons (Fsp3) is 0.593. The third kappa shape index (κ3) is 4.12. The van der Waals surface area contributed by atoms with Gasteiger partial charge in [-0.2, -0.15) is 0 Å². The standard InChI is InChI=1S/C27H34ClNO3/c1-16-3-10-23(11-4-16)32-25-12-7-18-5-6-19(15-24(18)26(25)28)17(2)29-21-8-9-22(29)14-20(13-21)27(30)31/h5-7,12,15-17,20-23H,3-4,8-11,13-14H2,1-2H3,(H,30,31)/t16-,17?,20?,21?,22?,23+. The number of hydrogen-bond donors (Lipinski definition) is 1. The molecule has 3 aliphatic rings. The molecule has 1 N–H and O–H groups in total. The molecule has 2 aromatic carbocycles. The lowest BCUT2D eigenvalue weighted by atomic mass is 9.88. The number of rotatable bonds is 5. The molecule has 2 aromatic rings. The maximum absolute atomic E-state index is 11.5. The van der Waals surface area contributed by atoms with Crippen molar-refractivity contribution in [2.45, 2.75) is 89.4 Å². The van der Waals surface area contributed by atoms with E-state index in [1.54, 1.807) is 0 Å². The molecule has 2 heterocycles. The minimum atomic E-state index is -0.633. The molecule has 5 rings (SSSR count). The van der Waals surface area contributed by atoms with Crippen LogP contribution in [-0.2, 0) is 4.79 Å². The predicted molar refractivity (Wildman–Crippen MR) is 128 cm³/mol. The molecule has 1 saturated carbocycles. The number of ether oxygens (including phenoxy) is 1. The summed E-state index contributed by atoms with van der Waals surface area (Å²) >= 11 is 6.87. The summed E-state index contributed by atoms with van der Waals surface area (Å²) in [4.78, 5) is 14.1. The fourth-order valence-electron chi connectivity index (χ4n) is 6.38. The number of halogens is 1. The van der Waals surface area contributed by atoms with Gasteiger partial charge in [-0.25, -0.2) is 0 Å². The van der Waals surface area contributed by atoms with Crippen LogP contribution in [0.2, 0.25) is 5.02 Å². The molecule has 0 amide bonds. The van der Waals surface area contributed by atoms with E-state index in [1.807, 2.05) is 6.07 Å². The summed E-state index contributed by atoms with van der Waals surface area (Å²) < 4.78 is 6.34. The fourth-order valence-corrected chi connectivity index (χ4v) is 6.65. The monoisotopic (exact) mass is 455 g/mol. The number of carboxylic acid groups (broad SMARTS) is 1. The van der Waals surface area contributed by atoms with Gasteiger partial charge < -0.3 is 9.84 Å². The Balaban J connectivity index is 1.38. The predicted octanol–water partition coefficient (Wildman–Crippen LogP) is 6.84. The van der Waals surface area contributed by atoms with Crippen LogP contribution < -0.4 is 4.74 Å². The Morgan fingerprint density at radius 2 is 1.72 bits per heavy atom. The van der Waals surface area contributed by atoms with Gasteiger partial charge in [0.2, 0.25) is 0 Å². The molecule has 3 unspecified atom stereocenters. The first-order valence-corrected chi connectivity index (χ1v) is 12.7. The van der Waals surface area contributed by atoms with Crippen LogP contribution >= 0.6 is 11.6 Å². The minimum absolute atomic E-state index is 0.190. The van der Waals surface area contributed by atoms with Crippen LogP contribution in [0, 0.1) is 11.8 Å². The molecule has 32 heavy (non-hydrogen) atoms. The van der Waals surface area contributed by atoms with E-state index in [0.717, 1.165) is 61.0 Å². The van der Waals surface area contributed by atoms with Crippen molar-refractivity contribution in [3.05, 3.63) is 40.9 Å². The maximum atomic E-state index is 11.5. The average Bonchev–Trinajstić information content (AvgIpc) is 3.05. The zero-order valence-corrected chi connectivity index (χ0v) is 19.9. The van der Waals surface area contributed by atoms with Crippen LogP contribution in [0.3, 0.4) is 0 Å². The van der Waals surface area contributed by atoms with Crippen LogP contribution in [0.1, 0.15) is 76.8 Å². The van der Waals surface area contributed by atoms with Gasteiger partial charge in [-0.1, -0.05) is 36.7 Å². The van der Waals surface area contributed by atoms with Gasteiger partial charge in [-0.15, -0.1) is 0 Å². The molecule has 0 radical (unpaired) electrons. The summed E-state index contributed by atoms with van der Waals surface area (Å²) in [5.74, 6) is 0.767. The average molecular weight is 456 g/mol. The highest BCUT2D eigenvalue weighted by molar-refractivity contribution is 6.37. The lowest BCUT2D eigenvalue weighted by Gasteiger charge is -2.41. The quantitative estimate of drug-likeness (QED) is 0.536. The first-order chi connectivity index (χ1) is 15.4. The highest BCUT2D eigenvalue weighted by Crippen LogP contribution is 2.44. The number of nitrogens with zero attached hydrogens (tertiary/aromatic N) is 1. The van der Waals surface area contributed by atoms with Crippen LogP contribution in [0.15, 0.2) is 30.3 Å². The molecule has 3 fully saturated rings. The second-order valence-electron chi connectivity index (χ2n) is 10.4. The summed E-state index contributed by atoms with van der Waals surface area (Å²) in [6, 6.07) is 11.7. The third-order valence-corrected chi connectivity index (χ3v) is 8.66. The molecule has 4 nitrogen and oxygen atoms in total. The van der Waals surface area contributed by atoms with E-state index in [4.69, 9.17) is 16.3 Å². The van der Waals surface area contributed by atoms with E-state index in [0.29, 0.717) is 17.1 Å². The summed E-state index contributed by atoms with van der Waals surface area (Å²) in [6.45, 7) is 4.57. The van der Waals surface area contributed by atoms with E-state index in [2.05, 4.69) is 43.0 Å². The third-order valence-electron chi connectivity index (χ3n) is 8.27. The molecular weight excluding hydrogens is 422 g/mol. The lowest BCUT2D eigenvalue weighted by molar-refractivity contribution is -0.144. The molecular formula is C27H34ClNO3. The van der Waals surface area contributed by atoms with Gasteiger partial charge in [0.25, 0.3) is 0 Å². The van der Waals surface area contributed by atoms with Gasteiger partial charge in [0, 0.05) is 23.5 Å². The first kappa shape index (κ1) is 22.0. The smallest absolute Gasteiger partial charge is 0.306 e. The number of aliphatic carboxylic acids is 1. The minimum Gasteiger partial charge on any atom is -0.489 e. The SMILES string of the molecule is CC(c1ccc2ccc(O[C@H]3CC[C@@H](C)CC3)c(Cl)c2c1)N1C2CCC1CC(C(=O)O)C2. The van der Waals surface area contributed by atoms with Crippen molar-refractivity contribution >= 4 is 28.3 Å². The lowest BCUT2D eigenvalue weighted by Crippen LogP contribution is -2.45. The summed E-state index contributed by atoms with van der Waals surface area (Å²) in [5, 5.41) is 12.4. The Labute approximate surface area is 195 Å². The summed E-state index contributed by atoms with van der Waals surface area (Å²) in [7, 11) is 0. The van der Waals surface area contributed by atoms with E-state index < -0.39 is 5.97 Å². The zero-order chi connectivity index (χ0) is 22.4. The van der Waals surface area contributed by atoms with E-state index in [-0.39, 0.29) is 18.1 Å². The number of fused-ring (bicyclic) bond motifs is 3. The summed E-state index contributed by atoms with van der Waals surface area (Å²) in [5.41, 5.74) is 1.24. The van der Waals surface area contributed by atoms with Crippen molar-refractivity contribution in [1.29, 1.82) is 0 Å². The van der Waals surface area contributed by atoms with Gasteiger partial charge >= 0.3 is 5.97 Å². The van der Waals surface area contributed by atoms with Gasteiger partial charge in [0.05, 0.1) is 17.0 Å². The normalized spacial score (nSPS) is 31.5. The largest absolute Gasteiger partial charge is 0.489 e. The van der Waals surface area contributed by atoms with Crippen molar-refractivity contribution in [3.63, 3.8) is 0 Å². The van der Waals surface area contributed by atoms with Gasteiger partial charge in [0.15, 0.2) is 0 Å². The van der Waals surface area contributed by atoms with Crippen LogP contribution in [0.25, 0.3) is 10.8 Å². The second kappa shape index (κ2) is 8.87. The molecule has 172 valence electrons. The zero-order valence-electron chi connectivity index (χ0n) is 19.1. The van der Waals surface area contributed by atoms with Crippen LogP contribution in [0.4, 0.5) is 0 Å². The number of piperidine rings is 1. The number of carboxylic acids is 1. The molecule has 2 bridgehead atoms. The molecule has 3 atom stereocenters. The summed E-state index contributed by atoms with van der Waals surface area (Å²) in [6.07, 6.45) is 8.64. The highest BCUT2D eigenvalue weighted by atomic mass is 35.5. The highest BCUT2D eigenvalue weighted by Gasteiger charge is 2.45. The van der Waals surface area contributed by atoms with Crippen LogP contribution in [-0.4, -0.2) is 34.2 Å². The molecule has 0 spiro atoms. The van der Waals surface area contributed by atoms with Crippen molar-refractivity contribution < 1.29 is 14.6 Å². The number of hydrogen-bond acceptors (Lipinski definition) is 3. The van der Waals surface area contributed by atoms with Crippen molar-refractivity contribution in [3.8, 4) is 5.75 Å². The van der Waals surface area contributed by atoms with E-state index in [9.17, 15) is 9.90 Å². The Morgan fingerprint density at radius 1 is 1.06 bits per heavy atom. The Morgan fingerprint density at radius 3 is 2.38 bits per heavy atom. The maximum Gasteiger partial charge on any atom is 0.306 e. The van der Waals surface area contributed by atoms with Crippen LogP contribution in [0.5, 0.6) is 5.75 Å². The molecule has 2 aliphatic heterocycles. The number of benzene rings is 2. The first-order valence-electron chi connectivity index (χ1n) is 12.3. The molecule has 0 aromatic heterocycles. The molecule has 5 heteroatoms. The second-order valence-corrected chi connectivity index (χ2v) is 10.8. The van der Waals surface area contributed by atoms with Gasteiger partial charge in [0.1, 0.15) is 5.75 Å². The van der Waals surface area contributed by atoms with E-state index in [1.165, 1.54) is 18.4 Å². The topological polar surface area (TPSA) is 49.8 Å².